The molecule has 8 heteroatoms. The Morgan fingerprint density at radius 3 is 2.85 bits per heavy atom. The molecule has 0 unspecified atom stereocenters. The maximum atomic E-state index is 12.7. The predicted octanol–water partition coefficient (Wildman–Crippen LogP) is 3.05. The molecule has 2 aromatic heterocycles. The molecule has 0 aliphatic heterocycles. The van der Waals surface area contributed by atoms with Gasteiger partial charge in [-0.15, -0.1) is 11.3 Å². The third-order valence-electron chi connectivity index (χ3n) is 2.40. The number of anilines is 1. The summed E-state index contributed by atoms with van der Waals surface area (Å²) in [6.45, 7) is 1.70. The van der Waals surface area contributed by atoms with Crippen LogP contribution in [-0.4, -0.2) is 23.0 Å². The van der Waals surface area contributed by atoms with E-state index in [1.807, 2.05) is 0 Å². The Kier molecular flexibility index (Phi) is 4.23. The van der Waals surface area contributed by atoms with Crippen molar-refractivity contribution in [2.45, 2.75) is 13.3 Å². The third-order valence-corrected chi connectivity index (χ3v) is 3.32. The van der Waals surface area contributed by atoms with Crippen molar-refractivity contribution in [3.05, 3.63) is 33.6 Å². The van der Waals surface area contributed by atoms with E-state index in [4.69, 9.17) is 4.74 Å². The minimum Gasteiger partial charge on any atom is -0.467 e. The van der Waals surface area contributed by atoms with Crippen molar-refractivity contribution in [1.29, 1.82) is 0 Å². The molecule has 0 aromatic carbocycles. The Bertz CT molecular complexity index is 631. The van der Waals surface area contributed by atoms with E-state index >= 15 is 0 Å². The third kappa shape index (κ3) is 3.08. The quantitative estimate of drug-likeness (QED) is 0.942. The molecule has 0 fully saturated rings. The number of halogens is 2. The van der Waals surface area contributed by atoms with Crippen LogP contribution in [0.3, 0.4) is 0 Å². The molecule has 2 heterocycles. The molecule has 0 radical (unpaired) electrons. The standard InChI is InChI=1S/C12H11F2N3O2S/c1-6-5-8(17-12(15-6)19-2)16-11(18)7-3-4-20-9(7)10(13)14/h3-5,10H,1-2H3,(H,15,16,17,18). The second-order valence-electron chi connectivity index (χ2n) is 3.83. The van der Waals surface area contributed by atoms with Gasteiger partial charge in [-0.25, -0.2) is 13.8 Å². The summed E-state index contributed by atoms with van der Waals surface area (Å²) in [6.07, 6.45) is -2.68. The number of aromatic nitrogens is 2. The van der Waals surface area contributed by atoms with E-state index in [1.165, 1.54) is 24.6 Å². The van der Waals surface area contributed by atoms with Gasteiger partial charge in [0.2, 0.25) is 0 Å². The zero-order valence-electron chi connectivity index (χ0n) is 10.7. The molecule has 0 bridgehead atoms. The number of rotatable bonds is 4. The van der Waals surface area contributed by atoms with Crippen LogP contribution in [0.25, 0.3) is 0 Å². The van der Waals surface area contributed by atoms with Gasteiger partial charge in [-0.05, 0) is 18.4 Å². The van der Waals surface area contributed by atoms with Gasteiger partial charge in [0, 0.05) is 11.8 Å². The molecule has 0 aliphatic carbocycles. The van der Waals surface area contributed by atoms with Crippen LogP contribution in [0.15, 0.2) is 17.5 Å². The van der Waals surface area contributed by atoms with E-state index in [9.17, 15) is 13.6 Å². The molecule has 0 saturated heterocycles. The Hall–Kier alpha value is -2.09. The minimum atomic E-state index is -2.68. The summed E-state index contributed by atoms with van der Waals surface area (Å²) < 4.78 is 30.3. The van der Waals surface area contributed by atoms with E-state index in [1.54, 1.807) is 6.92 Å². The highest BCUT2D eigenvalue weighted by Gasteiger charge is 2.20. The van der Waals surface area contributed by atoms with E-state index in [0.717, 1.165) is 11.3 Å². The number of nitrogens with one attached hydrogen (secondary N) is 1. The molecule has 0 aliphatic rings. The molecular formula is C12H11F2N3O2S. The molecule has 20 heavy (non-hydrogen) atoms. The van der Waals surface area contributed by atoms with Gasteiger partial charge >= 0.3 is 6.01 Å². The summed E-state index contributed by atoms with van der Waals surface area (Å²) in [4.78, 5) is 19.6. The Morgan fingerprint density at radius 2 is 2.20 bits per heavy atom. The predicted molar refractivity (Wildman–Crippen MR) is 70.6 cm³/mol. The number of carbonyl (C=O) groups is 1. The number of hydrogen-bond acceptors (Lipinski definition) is 5. The molecule has 0 atom stereocenters. The van der Waals surface area contributed by atoms with Crippen LogP contribution in [0.5, 0.6) is 6.01 Å². The van der Waals surface area contributed by atoms with Crippen LogP contribution in [0.4, 0.5) is 14.6 Å². The van der Waals surface area contributed by atoms with Crippen molar-refractivity contribution in [2.24, 2.45) is 0 Å². The van der Waals surface area contributed by atoms with Gasteiger partial charge in [-0.1, -0.05) is 0 Å². The topological polar surface area (TPSA) is 64.1 Å². The van der Waals surface area contributed by atoms with Crippen molar-refractivity contribution >= 4 is 23.1 Å². The van der Waals surface area contributed by atoms with Gasteiger partial charge in [0.25, 0.3) is 12.3 Å². The van der Waals surface area contributed by atoms with E-state index in [0.29, 0.717) is 5.69 Å². The lowest BCUT2D eigenvalue weighted by molar-refractivity contribution is 0.101. The molecule has 1 N–H and O–H groups in total. The normalized spacial score (nSPS) is 10.7. The minimum absolute atomic E-state index is 0.0553. The first-order valence-electron chi connectivity index (χ1n) is 5.58. The zero-order valence-corrected chi connectivity index (χ0v) is 11.5. The zero-order chi connectivity index (χ0) is 14.7. The largest absolute Gasteiger partial charge is 0.467 e. The van der Waals surface area contributed by atoms with Crippen LogP contribution in [0.1, 0.15) is 27.4 Å². The second-order valence-corrected chi connectivity index (χ2v) is 4.78. The highest BCUT2D eigenvalue weighted by molar-refractivity contribution is 7.10. The second kappa shape index (κ2) is 5.91. The van der Waals surface area contributed by atoms with Gasteiger partial charge in [0.1, 0.15) is 5.82 Å². The molecule has 0 saturated carbocycles. The Labute approximate surface area is 117 Å². The molecule has 0 spiro atoms. The SMILES string of the molecule is COc1nc(C)cc(NC(=O)c2ccsc2C(F)F)n1. The van der Waals surface area contributed by atoms with Gasteiger partial charge in [-0.2, -0.15) is 4.98 Å². The number of aryl methyl sites for hydroxylation is 1. The molecule has 106 valence electrons. The van der Waals surface area contributed by atoms with Gasteiger partial charge in [0.15, 0.2) is 0 Å². The molecule has 2 aromatic rings. The van der Waals surface area contributed by atoms with Crippen molar-refractivity contribution in [2.75, 3.05) is 12.4 Å². The highest BCUT2D eigenvalue weighted by Crippen LogP contribution is 2.28. The average Bonchev–Trinajstić information content (AvgIpc) is 2.87. The van der Waals surface area contributed by atoms with Crippen LogP contribution in [0, 0.1) is 6.92 Å². The van der Waals surface area contributed by atoms with Crippen molar-refractivity contribution in [1.82, 2.24) is 9.97 Å². The number of amides is 1. The maximum Gasteiger partial charge on any atom is 0.318 e. The smallest absolute Gasteiger partial charge is 0.318 e. The van der Waals surface area contributed by atoms with Crippen molar-refractivity contribution < 1.29 is 18.3 Å². The molecule has 1 amide bonds. The first kappa shape index (κ1) is 14.3. The van der Waals surface area contributed by atoms with Gasteiger partial charge in [0.05, 0.1) is 17.6 Å². The van der Waals surface area contributed by atoms with E-state index in [-0.39, 0.29) is 22.3 Å². The summed E-state index contributed by atoms with van der Waals surface area (Å²) >= 11 is 0.839. The summed E-state index contributed by atoms with van der Waals surface area (Å²) in [5.41, 5.74) is 0.534. The lowest BCUT2D eigenvalue weighted by Crippen LogP contribution is -2.14. The monoisotopic (exact) mass is 299 g/mol. The number of alkyl halides is 2. The van der Waals surface area contributed by atoms with Crippen LogP contribution < -0.4 is 10.1 Å². The number of hydrogen-bond donors (Lipinski definition) is 1. The maximum absolute atomic E-state index is 12.7. The highest BCUT2D eigenvalue weighted by atomic mass is 32.1. The number of thiophene rings is 1. The fourth-order valence-corrected chi connectivity index (χ4v) is 2.30. The van der Waals surface area contributed by atoms with Gasteiger partial charge in [-0.3, -0.25) is 4.79 Å². The number of methoxy groups -OCH3 is 1. The van der Waals surface area contributed by atoms with E-state index < -0.39 is 12.3 Å². The van der Waals surface area contributed by atoms with Crippen molar-refractivity contribution in [3.63, 3.8) is 0 Å². The van der Waals surface area contributed by atoms with Crippen molar-refractivity contribution in [3.8, 4) is 6.01 Å². The fraction of sp³-hybridized carbons (Fsp3) is 0.250. The number of ether oxygens (including phenoxy) is 1. The molecule has 5 nitrogen and oxygen atoms in total. The summed E-state index contributed by atoms with van der Waals surface area (Å²) in [7, 11) is 1.40. The first-order valence-corrected chi connectivity index (χ1v) is 6.45. The lowest BCUT2D eigenvalue weighted by atomic mass is 10.2. The number of carbonyl (C=O) groups excluding carboxylic acids is 1. The fourth-order valence-electron chi connectivity index (χ4n) is 1.56. The summed E-state index contributed by atoms with van der Waals surface area (Å²) in [5, 5.41) is 3.91. The summed E-state index contributed by atoms with van der Waals surface area (Å²) in [5.74, 6) is -0.438. The lowest BCUT2D eigenvalue weighted by Gasteiger charge is -2.07. The van der Waals surface area contributed by atoms with Crippen LogP contribution in [0.2, 0.25) is 0 Å². The van der Waals surface area contributed by atoms with E-state index in [2.05, 4.69) is 15.3 Å². The van der Waals surface area contributed by atoms with Gasteiger partial charge < -0.3 is 10.1 Å². The van der Waals surface area contributed by atoms with Crippen LogP contribution >= 0.6 is 11.3 Å². The number of nitrogens with zero attached hydrogens (tertiary/aromatic N) is 2. The summed E-state index contributed by atoms with van der Waals surface area (Å²) in [6, 6.07) is 2.97. The Morgan fingerprint density at radius 1 is 1.45 bits per heavy atom. The molecule has 2 rings (SSSR count). The molecular weight excluding hydrogens is 288 g/mol. The first-order chi connectivity index (χ1) is 9.51. The Balaban J connectivity index is 2.23. The average molecular weight is 299 g/mol. The van der Waals surface area contributed by atoms with Crippen LogP contribution in [-0.2, 0) is 0 Å².